The van der Waals surface area contributed by atoms with Gasteiger partial charge >= 0.3 is 0 Å². The number of carbonyl (C=O) groups is 1. The standard InChI is InChI=1S/C15H12Cl2O3/c1-19-13-8-7-11(16)15(17)14(13)12(18)9-20-10-5-3-2-4-6-10/h2-8H,9H2,1H3. The van der Waals surface area contributed by atoms with Gasteiger partial charge in [-0.25, -0.2) is 0 Å². The van der Waals surface area contributed by atoms with E-state index in [-0.39, 0.29) is 23.0 Å². The van der Waals surface area contributed by atoms with Gasteiger partial charge in [0, 0.05) is 0 Å². The Bertz CT molecular complexity index is 612. The van der Waals surface area contributed by atoms with Crippen molar-refractivity contribution in [2.24, 2.45) is 0 Å². The summed E-state index contributed by atoms with van der Waals surface area (Å²) in [6, 6.07) is 12.2. The van der Waals surface area contributed by atoms with E-state index in [0.29, 0.717) is 16.5 Å². The molecule has 0 bridgehead atoms. The van der Waals surface area contributed by atoms with Gasteiger partial charge in [0.05, 0.1) is 22.7 Å². The van der Waals surface area contributed by atoms with Crippen molar-refractivity contribution in [1.82, 2.24) is 0 Å². The van der Waals surface area contributed by atoms with E-state index >= 15 is 0 Å². The molecule has 0 fully saturated rings. The second kappa shape index (κ2) is 6.64. The molecule has 3 nitrogen and oxygen atoms in total. The Morgan fingerprint density at radius 2 is 1.80 bits per heavy atom. The summed E-state index contributed by atoms with van der Waals surface area (Å²) in [6.45, 7) is -0.138. The fourth-order valence-corrected chi connectivity index (χ4v) is 2.12. The van der Waals surface area contributed by atoms with Gasteiger partial charge in [0.25, 0.3) is 0 Å². The van der Waals surface area contributed by atoms with Crippen LogP contribution >= 0.6 is 23.2 Å². The highest BCUT2D eigenvalue weighted by Crippen LogP contribution is 2.33. The predicted octanol–water partition coefficient (Wildman–Crippen LogP) is 4.26. The Morgan fingerprint density at radius 3 is 2.45 bits per heavy atom. The molecule has 20 heavy (non-hydrogen) atoms. The summed E-state index contributed by atoms with van der Waals surface area (Å²) in [5.41, 5.74) is 0.234. The molecule has 0 aliphatic carbocycles. The molecule has 0 radical (unpaired) electrons. The van der Waals surface area contributed by atoms with Crippen molar-refractivity contribution in [3.05, 3.63) is 58.1 Å². The summed E-state index contributed by atoms with van der Waals surface area (Å²) < 4.78 is 10.5. The molecule has 0 amide bonds. The second-order valence-corrected chi connectivity index (χ2v) is 4.75. The number of carbonyl (C=O) groups excluding carboxylic acids is 1. The van der Waals surface area contributed by atoms with Gasteiger partial charge in [0.15, 0.2) is 6.61 Å². The number of Topliss-reactive ketones (excluding diaryl/α,β-unsaturated/α-hetero) is 1. The molecule has 0 saturated carbocycles. The molecular formula is C15H12Cl2O3. The molecule has 0 atom stereocenters. The number of benzene rings is 2. The van der Waals surface area contributed by atoms with Crippen molar-refractivity contribution in [2.75, 3.05) is 13.7 Å². The Labute approximate surface area is 127 Å². The van der Waals surface area contributed by atoms with Crippen molar-refractivity contribution >= 4 is 29.0 Å². The summed E-state index contributed by atoms with van der Waals surface area (Å²) in [6.07, 6.45) is 0. The highest BCUT2D eigenvalue weighted by atomic mass is 35.5. The number of rotatable bonds is 5. The average Bonchev–Trinajstić information content (AvgIpc) is 2.48. The monoisotopic (exact) mass is 310 g/mol. The number of halogens is 2. The summed E-state index contributed by atoms with van der Waals surface area (Å²) >= 11 is 12.0. The maximum atomic E-state index is 12.2. The van der Waals surface area contributed by atoms with Crippen LogP contribution in [0.15, 0.2) is 42.5 Å². The smallest absolute Gasteiger partial charge is 0.205 e. The molecule has 104 valence electrons. The van der Waals surface area contributed by atoms with Gasteiger partial charge in [-0.2, -0.15) is 0 Å². The number of methoxy groups -OCH3 is 1. The Kier molecular flexibility index (Phi) is 4.88. The summed E-state index contributed by atoms with van der Waals surface area (Å²) in [4.78, 5) is 12.2. The first-order valence-corrected chi connectivity index (χ1v) is 6.62. The first kappa shape index (κ1) is 14.7. The maximum absolute atomic E-state index is 12.2. The predicted molar refractivity (Wildman–Crippen MR) is 79.3 cm³/mol. The van der Waals surface area contributed by atoms with Crippen molar-refractivity contribution in [3.63, 3.8) is 0 Å². The first-order chi connectivity index (χ1) is 9.63. The minimum absolute atomic E-state index is 0.138. The third kappa shape index (κ3) is 3.24. The molecule has 0 saturated heterocycles. The van der Waals surface area contributed by atoms with E-state index in [1.165, 1.54) is 7.11 Å². The van der Waals surface area contributed by atoms with Crippen LogP contribution in [0.2, 0.25) is 10.0 Å². The number of ether oxygens (including phenoxy) is 2. The lowest BCUT2D eigenvalue weighted by molar-refractivity contribution is 0.0918. The summed E-state index contributed by atoms with van der Waals surface area (Å²) in [5, 5.41) is 0.475. The van der Waals surface area contributed by atoms with Gasteiger partial charge < -0.3 is 9.47 Å². The third-order valence-corrected chi connectivity index (χ3v) is 3.47. The van der Waals surface area contributed by atoms with Gasteiger partial charge in [0.1, 0.15) is 11.5 Å². The fraction of sp³-hybridized carbons (Fsp3) is 0.133. The molecule has 2 rings (SSSR count). The van der Waals surface area contributed by atoms with Gasteiger partial charge in [-0.1, -0.05) is 41.4 Å². The van der Waals surface area contributed by atoms with Gasteiger partial charge in [0.2, 0.25) is 5.78 Å². The average molecular weight is 311 g/mol. The third-order valence-electron chi connectivity index (χ3n) is 2.67. The van der Waals surface area contributed by atoms with Crippen LogP contribution in [-0.2, 0) is 0 Å². The molecular weight excluding hydrogens is 299 g/mol. The van der Waals surface area contributed by atoms with Crippen LogP contribution in [-0.4, -0.2) is 19.5 Å². The summed E-state index contributed by atoms with van der Waals surface area (Å²) in [5.74, 6) is 0.692. The molecule has 0 aliphatic heterocycles. The molecule has 0 N–H and O–H groups in total. The number of hydrogen-bond acceptors (Lipinski definition) is 3. The van der Waals surface area contributed by atoms with Crippen molar-refractivity contribution in [3.8, 4) is 11.5 Å². The molecule has 5 heteroatoms. The van der Waals surface area contributed by atoms with E-state index in [9.17, 15) is 4.79 Å². The van der Waals surface area contributed by atoms with E-state index < -0.39 is 0 Å². The normalized spacial score (nSPS) is 10.2. The Hall–Kier alpha value is -1.71. The number of ketones is 1. The molecule has 0 heterocycles. The van der Waals surface area contributed by atoms with Crippen LogP contribution in [0.3, 0.4) is 0 Å². The van der Waals surface area contributed by atoms with E-state index in [4.69, 9.17) is 32.7 Å². The fourth-order valence-electron chi connectivity index (χ4n) is 1.70. The Balaban J connectivity index is 2.19. The van der Waals surface area contributed by atoms with Crippen molar-refractivity contribution < 1.29 is 14.3 Å². The van der Waals surface area contributed by atoms with Crippen molar-refractivity contribution in [2.45, 2.75) is 0 Å². The lowest BCUT2D eigenvalue weighted by atomic mass is 10.1. The van der Waals surface area contributed by atoms with Gasteiger partial charge in [-0.05, 0) is 24.3 Å². The van der Waals surface area contributed by atoms with E-state index in [2.05, 4.69) is 0 Å². The van der Waals surface area contributed by atoms with E-state index in [1.54, 1.807) is 24.3 Å². The van der Waals surface area contributed by atoms with Crippen LogP contribution in [0.25, 0.3) is 0 Å². The van der Waals surface area contributed by atoms with Crippen LogP contribution in [0.1, 0.15) is 10.4 Å². The maximum Gasteiger partial charge on any atom is 0.205 e. The minimum atomic E-state index is -0.293. The van der Waals surface area contributed by atoms with Crippen molar-refractivity contribution in [1.29, 1.82) is 0 Å². The van der Waals surface area contributed by atoms with Gasteiger partial charge in [-0.3, -0.25) is 4.79 Å². The largest absolute Gasteiger partial charge is 0.496 e. The quantitative estimate of drug-likeness (QED) is 0.774. The molecule has 0 aromatic heterocycles. The highest BCUT2D eigenvalue weighted by Gasteiger charge is 2.19. The first-order valence-electron chi connectivity index (χ1n) is 5.86. The van der Waals surface area contributed by atoms with Crippen LogP contribution in [0.5, 0.6) is 11.5 Å². The molecule has 2 aromatic carbocycles. The zero-order valence-electron chi connectivity index (χ0n) is 10.7. The lowest BCUT2D eigenvalue weighted by Gasteiger charge is -2.11. The number of hydrogen-bond donors (Lipinski definition) is 0. The lowest BCUT2D eigenvalue weighted by Crippen LogP contribution is -2.13. The van der Waals surface area contributed by atoms with E-state index in [1.807, 2.05) is 18.2 Å². The molecule has 0 unspecified atom stereocenters. The zero-order chi connectivity index (χ0) is 14.5. The van der Waals surface area contributed by atoms with Crippen LogP contribution in [0.4, 0.5) is 0 Å². The second-order valence-electron chi connectivity index (χ2n) is 3.96. The molecule has 0 spiro atoms. The number of para-hydroxylation sites is 1. The Morgan fingerprint density at radius 1 is 1.10 bits per heavy atom. The summed E-state index contributed by atoms with van der Waals surface area (Å²) in [7, 11) is 1.47. The molecule has 2 aromatic rings. The zero-order valence-corrected chi connectivity index (χ0v) is 12.2. The molecule has 0 aliphatic rings. The van der Waals surface area contributed by atoms with Crippen LogP contribution < -0.4 is 9.47 Å². The van der Waals surface area contributed by atoms with Gasteiger partial charge in [-0.15, -0.1) is 0 Å². The van der Waals surface area contributed by atoms with Crippen LogP contribution in [0, 0.1) is 0 Å². The van der Waals surface area contributed by atoms with E-state index in [0.717, 1.165) is 0 Å². The SMILES string of the molecule is COc1ccc(Cl)c(Cl)c1C(=O)COc1ccccc1. The minimum Gasteiger partial charge on any atom is -0.496 e. The topological polar surface area (TPSA) is 35.5 Å². The highest BCUT2D eigenvalue weighted by molar-refractivity contribution is 6.44.